The molecular weight excluding hydrogens is 340 g/mol. The third-order valence-corrected chi connectivity index (χ3v) is 5.93. The molecule has 5 nitrogen and oxygen atoms in total. The van der Waals surface area contributed by atoms with Gasteiger partial charge in [-0.25, -0.2) is 4.98 Å². The van der Waals surface area contributed by atoms with E-state index in [1.807, 2.05) is 24.3 Å². The van der Waals surface area contributed by atoms with E-state index in [9.17, 15) is 4.79 Å². The lowest BCUT2D eigenvalue weighted by molar-refractivity contribution is -0.115. The number of benzene rings is 1. The van der Waals surface area contributed by atoms with E-state index >= 15 is 0 Å². The summed E-state index contributed by atoms with van der Waals surface area (Å²) in [6.07, 6.45) is 2.40. The van der Waals surface area contributed by atoms with Crippen LogP contribution in [0.5, 0.6) is 0 Å². The summed E-state index contributed by atoms with van der Waals surface area (Å²) in [5.74, 6) is 0.854. The molecule has 3 heterocycles. The molecule has 0 saturated carbocycles. The summed E-state index contributed by atoms with van der Waals surface area (Å²) in [5, 5.41) is 12.7. The first kappa shape index (κ1) is 15.4. The number of hydrogen-bond donors (Lipinski definition) is 2. The minimum absolute atomic E-state index is 0.0227. The molecule has 122 valence electrons. The van der Waals surface area contributed by atoms with Gasteiger partial charge in [0.2, 0.25) is 11.1 Å². The Bertz CT molecular complexity index is 844. The SMILES string of the molecule is O=C1Nc2ccccc2CCC1Sc1n[nH]c(Cc2cccs2)n1. The number of aryl methyl sites for hydroxylation is 1. The standard InChI is InChI=1S/C17H16N4OS2/c22-16-14(8-7-11-4-1-2-6-13(11)18-16)24-17-19-15(20-21-17)10-12-5-3-9-23-12/h1-6,9,14H,7-8,10H2,(H,18,22)(H,19,20,21). The van der Waals surface area contributed by atoms with Gasteiger partial charge in [0.05, 0.1) is 5.25 Å². The van der Waals surface area contributed by atoms with Gasteiger partial charge in [0.25, 0.3) is 0 Å². The van der Waals surface area contributed by atoms with Gasteiger partial charge in [0, 0.05) is 17.0 Å². The molecule has 2 aromatic heterocycles. The van der Waals surface area contributed by atoms with Crippen molar-refractivity contribution >= 4 is 34.7 Å². The second-order valence-corrected chi connectivity index (χ2v) is 7.81. The maximum atomic E-state index is 12.4. The molecule has 3 aromatic rings. The highest BCUT2D eigenvalue weighted by molar-refractivity contribution is 8.00. The fourth-order valence-electron chi connectivity index (χ4n) is 2.72. The number of thioether (sulfide) groups is 1. The molecule has 1 amide bonds. The first-order chi connectivity index (χ1) is 11.8. The zero-order valence-electron chi connectivity index (χ0n) is 12.9. The smallest absolute Gasteiger partial charge is 0.237 e. The minimum Gasteiger partial charge on any atom is -0.325 e. The molecule has 1 aliphatic heterocycles. The predicted molar refractivity (Wildman–Crippen MR) is 96.5 cm³/mol. The molecule has 1 atom stereocenters. The van der Waals surface area contributed by atoms with Crippen molar-refractivity contribution in [3.8, 4) is 0 Å². The number of rotatable bonds is 4. The molecule has 1 aliphatic rings. The number of carbonyl (C=O) groups is 1. The van der Waals surface area contributed by atoms with Gasteiger partial charge in [0.1, 0.15) is 5.82 Å². The maximum absolute atomic E-state index is 12.4. The number of hydrogen-bond acceptors (Lipinski definition) is 5. The molecule has 0 spiro atoms. The van der Waals surface area contributed by atoms with Crippen LogP contribution in [0.4, 0.5) is 5.69 Å². The molecule has 1 unspecified atom stereocenters. The van der Waals surface area contributed by atoms with Gasteiger partial charge in [0.15, 0.2) is 0 Å². The van der Waals surface area contributed by atoms with Crippen LogP contribution in [0, 0.1) is 0 Å². The van der Waals surface area contributed by atoms with Crippen molar-refractivity contribution in [2.75, 3.05) is 5.32 Å². The number of H-pyrrole nitrogens is 1. The number of thiophene rings is 1. The Morgan fingerprint density at radius 2 is 2.17 bits per heavy atom. The number of aromatic amines is 1. The Labute approximate surface area is 147 Å². The Balaban J connectivity index is 1.44. The van der Waals surface area contributed by atoms with Crippen LogP contribution in [0.1, 0.15) is 22.7 Å². The molecule has 24 heavy (non-hydrogen) atoms. The molecule has 0 aliphatic carbocycles. The molecule has 0 radical (unpaired) electrons. The van der Waals surface area contributed by atoms with Crippen molar-refractivity contribution in [3.05, 3.63) is 58.0 Å². The number of anilines is 1. The zero-order valence-corrected chi connectivity index (χ0v) is 14.5. The van der Waals surface area contributed by atoms with E-state index in [0.29, 0.717) is 5.16 Å². The van der Waals surface area contributed by atoms with Crippen LogP contribution in [0.3, 0.4) is 0 Å². The number of amides is 1. The van der Waals surface area contributed by atoms with Gasteiger partial charge < -0.3 is 5.32 Å². The van der Waals surface area contributed by atoms with Gasteiger partial charge in [-0.3, -0.25) is 9.89 Å². The summed E-state index contributed by atoms with van der Waals surface area (Å²) < 4.78 is 0. The third kappa shape index (κ3) is 3.37. The molecule has 0 fully saturated rings. The molecular formula is C17H16N4OS2. The average molecular weight is 356 g/mol. The van der Waals surface area contributed by atoms with Gasteiger partial charge in [-0.2, -0.15) is 0 Å². The molecule has 1 aromatic carbocycles. The van der Waals surface area contributed by atoms with Gasteiger partial charge in [-0.05, 0) is 35.9 Å². The van der Waals surface area contributed by atoms with E-state index in [0.717, 1.165) is 30.8 Å². The Morgan fingerprint density at radius 1 is 1.25 bits per heavy atom. The summed E-state index contributed by atoms with van der Waals surface area (Å²) in [7, 11) is 0. The maximum Gasteiger partial charge on any atom is 0.237 e. The van der Waals surface area contributed by atoms with Crippen LogP contribution in [0.2, 0.25) is 0 Å². The van der Waals surface area contributed by atoms with Crippen molar-refractivity contribution in [2.45, 2.75) is 29.7 Å². The number of carbonyl (C=O) groups excluding carboxylic acids is 1. The quantitative estimate of drug-likeness (QED) is 0.750. The summed E-state index contributed by atoms with van der Waals surface area (Å²) in [6.45, 7) is 0. The second-order valence-electron chi connectivity index (χ2n) is 5.61. The molecule has 0 saturated heterocycles. The van der Waals surface area contributed by atoms with E-state index in [1.54, 1.807) is 11.3 Å². The van der Waals surface area contributed by atoms with Crippen molar-refractivity contribution in [1.29, 1.82) is 0 Å². The van der Waals surface area contributed by atoms with Gasteiger partial charge in [-0.15, -0.1) is 16.4 Å². The lowest BCUT2D eigenvalue weighted by atomic mass is 10.1. The average Bonchev–Trinajstić information content (AvgIpc) is 3.22. The van der Waals surface area contributed by atoms with Crippen molar-refractivity contribution in [1.82, 2.24) is 15.2 Å². The minimum atomic E-state index is -0.178. The molecule has 7 heteroatoms. The lowest BCUT2D eigenvalue weighted by Gasteiger charge is -2.10. The third-order valence-electron chi connectivity index (χ3n) is 3.92. The first-order valence-electron chi connectivity index (χ1n) is 7.77. The number of para-hydroxylation sites is 1. The van der Waals surface area contributed by atoms with Crippen LogP contribution >= 0.6 is 23.1 Å². The van der Waals surface area contributed by atoms with Crippen LogP contribution in [-0.4, -0.2) is 26.3 Å². The zero-order chi connectivity index (χ0) is 16.4. The van der Waals surface area contributed by atoms with E-state index in [4.69, 9.17) is 0 Å². The molecule has 2 N–H and O–H groups in total. The Morgan fingerprint density at radius 3 is 3.04 bits per heavy atom. The van der Waals surface area contributed by atoms with Crippen LogP contribution in [0.25, 0.3) is 0 Å². The van der Waals surface area contributed by atoms with E-state index < -0.39 is 0 Å². The predicted octanol–water partition coefficient (Wildman–Crippen LogP) is 3.50. The van der Waals surface area contributed by atoms with Crippen molar-refractivity contribution < 1.29 is 4.79 Å². The summed E-state index contributed by atoms with van der Waals surface area (Å²) in [6, 6.07) is 12.1. The van der Waals surface area contributed by atoms with Gasteiger partial charge in [-0.1, -0.05) is 36.0 Å². The van der Waals surface area contributed by atoms with E-state index in [2.05, 4.69) is 38.0 Å². The fraction of sp³-hybridized carbons (Fsp3) is 0.235. The highest BCUT2D eigenvalue weighted by Gasteiger charge is 2.25. The van der Waals surface area contributed by atoms with Gasteiger partial charge >= 0.3 is 0 Å². The summed E-state index contributed by atoms with van der Waals surface area (Å²) in [5.41, 5.74) is 2.10. The molecule has 0 bridgehead atoms. The van der Waals surface area contributed by atoms with Crippen LogP contribution in [0.15, 0.2) is 46.9 Å². The van der Waals surface area contributed by atoms with Crippen molar-refractivity contribution in [2.24, 2.45) is 0 Å². The number of nitrogens with zero attached hydrogens (tertiary/aromatic N) is 2. The van der Waals surface area contributed by atoms with E-state index in [-0.39, 0.29) is 11.2 Å². The number of fused-ring (bicyclic) bond motifs is 1. The van der Waals surface area contributed by atoms with Crippen LogP contribution in [-0.2, 0) is 17.6 Å². The highest BCUT2D eigenvalue weighted by Crippen LogP contribution is 2.30. The topological polar surface area (TPSA) is 70.7 Å². The Kier molecular flexibility index (Phi) is 4.36. The highest BCUT2D eigenvalue weighted by atomic mass is 32.2. The number of aromatic nitrogens is 3. The van der Waals surface area contributed by atoms with Crippen LogP contribution < -0.4 is 5.32 Å². The lowest BCUT2D eigenvalue weighted by Crippen LogP contribution is -2.23. The number of nitrogens with one attached hydrogen (secondary N) is 2. The second kappa shape index (κ2) is 6.78. The molecule has 4 rings (SSSR count). The summed E-state index contributed by atoms with van der Waals surface area (Å²) in [4.78, 5) is 18.2. The first-order valence-corrected chi connectivity index (χ1v) is 9.53. The Hall–Kier alpha value is -2.12. The monoisotopic (exact) mass is 356 g/mol. The van der Waals surface area contributed by atoms with E-state index in [1.165, 1.54) is 22.2 Å². The summed E-state index contributed by atoms with van der Waals surface area (Å²) >= 11 is 3.13. The van der Waals surface area contributed by atoms with Crippen molar-refractivity contribution in [3.63, 3.8) is 0 Å². The normalized spacial score (nSPS) is 17.2. The largest absolute Gasteiger partial charge is 0.325 e. The fourth-order valence-corrected chi connectivity index (χ4v) is 4.35.